The molecule has 0 bridgehead atoms. The van der Waals surface area contributed by atoms with Gasteiger partial charge in [0.1, 0.15) is 6.54 Å². The molecule has 1 aliphatic rings. The number of rotatable bonds is 4. The Labute approximate surface area is 103 Å². The third kappa shape index (κ3) is 2.66. The molecule has 6 heteroatoms. The van der Waals surface area contributed by atoms with Crippen LogP contribution in [0.15, 0.2) is 11.0 Å². The summed E-state index contributed by atoms with van der Waals surface area (Å²) in [7, 11) is 0. The Bertz CT molecular complexity index is 494. The van der Waals surface area contributed by atoms with Gasteiger partial charge in [0.15, 0.2) is 0 Å². The zero-order chi connectivity index (χ0) is 12.4. The predicted octanol–water partition coefficient (Wildman–Crippen LogP) is 1.34. The van der Waals surface area contributed by atoms with Gasteiger partial charge in [-0.25, -0.2) is 4.68 Å². The molecule has 17 heavy (non-hydrogen) atoms. The number of ether oxygens (including phenoxy) is 1. The first-order chi connectivity index (χ1) is 8.13. The Balaban J connectivity index is 2.26. The number of carbonyl (C=O) groups is 1. The quantitative estimate of drug-likeness (QED) is 0.763. The molecule has 1 aromatic rings. The molecule has 0 spiro atoms. The molecule has 1 aromatic heterocycles. The lowest BCUT2D eigenvalue weighted by molar-refractivity contribution is -0.144. The molecule has 5 nitrogen and oxygen atoms in total. The van der Waals surface area contributed by atoms with E-state index in [9.17, 15) is 9.59 Å². The molecule has 0 amide bonds. The molecule has 0 saturated heterocycles. The van der Waals surface area contributed by atoms with Gasteiger partial charge in [-0.05, 0) is 25.7 Å². The van der Waals surface area contributed by atoms with Gasteiger partial charge in [-0.1, -0.05) is 11.6 Å². The lowest BCUT2D eigenvalue weighted by Gasteiger charge is -2.07. The van der Waals surface area contributed by atoms with Crippen molar-refractivity contribution in [3.8, 4) is 0 Å². The number of esters is 1. The van der Waals surface area contributed by atoms with E-state index < -0.39 is 5.97 Å². The summed E-state index contributed by atoms with van der Waals surface area (Å²) in [6.45, 7) is 1.84. The smallest absolute Gasteiger partial charge is 0.327 e. The third-order valence-electron chi connectivity index (χ3n) is 2.60. The molecule has 2 rings (SSSR count). The SMILES string of the molecule is CCOC(=O)Cn1ncc(Cl)c(C2CC2)c1=O. The number of nitrogens with zero attached hydrogens (tertiary/aromatic N) is 2. The maximum Gasteiger partial charge on any atom is 0.327 e. The molecule has 0 radical (unpaired) electrons. The maximum absolute atomic E-state index is 12.0. The molecule has 1 saturated carbocycles. The minimum Gasteiger partial charge on any atom is -0.465 e. The molecule has 0 aromatic carbocycles. The summed E-state index contributed by atoms with van der Waals surface area (Å²) in [4.78, 5) is 23.3. The fourth-order valence-corrected chi connectivity index (χ4v) is 1.95. The Morgan fingerprint density at radius 3 is 2.94 bits per heavy atom. The standard InChI is InChI=1S/C11H13ClN2O3/c1-2-17-9(15)6-14-11(16)10(7-3-4-7)8(12)5-13-14/h5,7H,2-4,6H2,1H3. The summed E-state index contributed by atoms with van der Waals surface area (Å²) in [6.07, 6.45) is 3.35. The summed E-state index contributed by atoms with van der Waals surface area (Å²) >= 11 is 5.94. The van der Waals surface area contributed by atoms with Crippen molar-refractivity contribution in [2.45, 2.75) is 32.2 Å². The molecule has 1 heterocycles. The van der Waals surface area contributed by atoms with Crippen LogP contribution >= 0.6 is 11.6 Å². The number of hydrogen-bond donors (Lipinski definition) is 0. The molecule has 0 aliphatic heterocycles. The van der Waals surface area contributed by atoms with Crippen LogP contribution in [-0.2, 0) is 16.1 Å². The summed E-state index contributed by atoms with van der Waals surface area (Å²) in [5.41, 5.74) is 0.291. The highest BCUT2D eigenvalue weighted by molar-refractivity contribution is 6.31. The third-order valence-corrected chi connectivity index (χ3v) is 2.90. The summed E-state index contributed by atoms with van der Waals surface area (Å²) < 4.78 is 5.88. The second kappa shape index (κ2) is 4.87. The van der Waals surface area contributed by atoms with Crippen molar-refractivity contribution in [1.82, 2.24) is 9.78 Å². The molecule has 0 N–H and O–H groups in total. The summed E-state index contributed by atoms with van der Waals surface area (Å²) in [5.74, 6) is -0.238. The van der Waals surface area contributed by atoms with E-state index in [1.165, 1.54) is 6.20 Å². The maximum atomic E-state index is 12.0. The average molecular weight is 257 g/mol. The van der Waals surface area contributed by atoms with Gasteiger partial charge in [-0.15, -0.1) is 0 Å². The van der Waals surface area contributed by atoms with E-state index in [1.807, 2.05) is 0 Å². The fraction of sp³-hybridized carbons (Fsp3) is 0.545. The van der Waals surface area contributed by atoms with E-state index in [2.05, 4.69) is 5.10 Å². The number of carbonyl (C=O) groups excluding carboxylic acids is 1. The molecular weight excluding hydrogens is 244 g/mol. The van der Waals surface area contributed by atoms with E-state index in [1.54, 1.807) is 6.92 Å². The monoisotopic (exact) mass is 256 g/mol. The van der Waals surface area contributed by atoms with E-state index in [0.717, 1.165) is 17.5 Å². The van der Waals surface area contributed by atoms with Crippen molar-refractivity contribution in [3.63, 3.8) is 0 Å². The van der Waals surface area contributed by atoms with Crippen molar-refractivity contribution in [3.05, 3.63) is 27.1 Å². The minimum absolute atomic E-state index is 0.163. The molecule has 1 fully saturated rings. The Hall–Kier alpha value is -1.36. The highest BCUT2D eigenvalue weighted by Gasteiger charge is 2.29. The molecular formula is C11H13ClN2O3. The summed E-state index contributed by atoms with van der Waals surface area (Å²) in [5, 5.41) is 4.23. The van der Waals surface area contributed by atoms with Gasteiger partial charge in [-0.2, -0.15) is 5.10 Å². The van der Waals surface area contributed by atoms with Crippen molar-refractivity contribution < 1.29 is 9.53 Å². The highest BCUT2D eigenvalue weighted by atomic mass is 35.5. The lowest BCUT2D eigenvalue weighted by Crippen LogP contribution is -2.30. The first-order valence-electron chi connectivity index (χ1n) is 5.54. The van der Waals surface area contributed by atoms with Gasteiger partial charge in [0.2, 0.25) is 0 Å². The first kappa shape index (κ1) is 12.1. The Morgan fingerprint density at radius 2 is 2.35 bits per heavy atom. The van der Waals surface area contributed by atoms with Gasteiger partial charge in [0, 0.05) is 5.56 Å². The fourth-order valence-electron chi connectivity index (χ4n) is 1.67. The second-order valence-electron chi connectivity index (χ2n) is 3.95. The zero-order valence-corrected chi connectivity index (χ0v) is 10.2. The first-order valence-corrected chi connectivity index (χ1v) is 5.92. The van der Waals surface area contributed by atoms with E-state index in [-0.39, 0.29) is 24.6 Å². The van der Waals surface area contributed by atoms with Gasteiger partial charge in [-0.3, -0.25) is 9.59 Å². The zero-order valence-electron chi connectivity index (χ0n) is 9.48. The average Bonchev–Trinajstić information content (AvgIpc) is 3.07. The number of halogens is 1. The van der Waals surface area contributed by atoms with Crippen molar-refractivity contribution in [2.75, 3.05) is 6.61 Å². The van der Waals surface area contributed by atoms with Crippen LogP contribution in [0.4, 0.5) is 0 Å². The van der Waals surface area contributed by atoms with Crippen LogP contribution in [0.5, 0.6) is 0 Å². The van der Waals surface area contributed by atoms with Gasteiger partial charge >= 0.3 is 5.97 Å². The number of hydrogen-bond acceptors (Lipinski definition) is 4. The highest BCUT2D eigenvalue weighted by Crippen LogP contribution is 2.40. The molecule has 92 valence electrons. The van der Waals surface area contributed by atoms with Crippen LogP contribution in [-0.4, -0.2) is 22.4 Å². The molecule has 0 atom stereocenters. The second-order valence-corrected chi connectivity index (χ2v) is 4.36. The Morgan fingerprint density at radius 1 is 1.65 bits per heavy atom. The van der Waals surface area contributed by atoms with Crippen molar-refractivity contribution >= 4 is 17.6 Å². The minimum atomic E-state index is -0.467. The van der Waals surface area contributed by atoms with Crippen LogP contribution in [0.3, 0.4) is 0 Å². The van der Waals surface area contributed by atoms with Gasteiger partial charge in [0.05, 0.1) is 17.8 Å². The van der Waals surface area contributed by atoms with Crippen molar-refractivity contribution in [2.24, 2.45) is 0 Å². The van der Waals surface area contributed by atoms with Crippen molar-refractivity contribution in [1.29, 1.82) is 0 Å². The molecule has 1 aliphatic carbocycles. The van der Waals surface area contributed by atoms with Crippen LogP contribution < -0.4 is 5.56 Å². The predicted molar refractivity (Wildman–Crippen MR) is 62.1 cm³/mol. The topological polar surface area (TPSA) is 61.2 Å². The van der Waals surface area contributed by atoms with E-state index >= 15 is 0 Å². The van der Waals surface area contributed by atoms with Crippen LogP contribution in [0.2, 0.25) is 5.02 Å². The van der Waals surface area contributed by atoms with E-state index in [4.69, 9.17) is 16.3 Å². The van der Waals surface area contributed by atoms with Gasteiger partial charge in [0.25, 0.3) is 5.56 Å². The summed E-state index contributed by atoms with van der Waals surface area (Å²) in [6, 6.07) is 0. The largest absolute Gasteiger partial charge is 0.465 e. The lowest BCUT2D eigenvalue weighted by atomic mass is 10.2. The number of aromatic nitrogens is 2. The van der Waals surface area contributed by atoms with Gasteiger partial charge < -0.3 is 4.74 Å². The van der Waals surface area contributed by atoms with Crippen LogP contribution in [0.1, 0.15) is 31.2 Å². The van der Waals surface area contributed by atoms with E-state index in [0.29, 0.717) is 10.6 Å². The molecule has 0 unspecified atom stereocenters. The normalized spacial score (nSPS) is 14.7. The van der Waals surface area contributed by atoms with Crippen LogP contribution in [0, 0.1) is 0 Å². The Kier molecular flexibility index (Phi) is 3.47. The van der Waals surface area contributed by atoms with Crippen LogP contribution in [0.25, 0.3) is 0 Å².